The fraction of sp³-hybridized carbons (Fsp3) is 0.471. The lowest BCUT2D eigenvalue weighted by Gasteiger charge is -2.34. The minimum Gasteiger partial charge on any atom is -0.291 e. The average Bonchev–Trinajstić information content (AvgIpc) is 3.01. The summed E-state index contributed by atoms with van der Waals surface area (Å²) in [6, 6.07) is 10.5. The fourth-order valence-corrected chi connectivity index (χ4v) is 3.78. The molecule has 0 amide bonds. The Hall–Kier alpha value is -1.70. The first-order chi connectivity index (χ1) is 11.5. The summed E-state index contributed by atoms with van der Waals surface area (Å²) >= 11 is 0. The lowest BCUT2D eigenvalue weighted by Crippen LogP contribution is -2.42. The zero-order valence-electron chi connectivity index (χ0n) is 14.1. The molecule has 1 aromatic heterocycles. The highest BCUT2D eigenvalue weighted by Gasteiger charge is 2.26. The van der Waals surface area contributed by atoms with Crippen molar-refractivity contribution in [3.63, 3.8) is 0 Å². The van der Waals surface area contributed by atoms with E-state index in [-0.39, 0.29) is 11.8 Å². The van der Waals surface area contributed by atoms with Gasteiger partial charge in [-0.2, -0.15) is 5.10 Å². The van der Waals surface area contributed by atoms with E-state index in [1.54, 1.807) is 13.1 Å². The van der Waals surface area contributed by atoms with Gasteiger partial charge in [-0.1, -0.05) is 29.8 Å². The van der Waals surface area contributed by atoms with Gasteiger partial charge in [0.2, 0.25) is 10.0 Å². The Bertz CT molecular complexity index is 800. The standard InChI is InChI=1S/C17H24N4O2S/c1-3-24(22,23)19-10-17-13-20(12-16-7-8-18-21(16)17)11-15-6-4-5-14(2)9-15/h4-9,17,19H,3,10-13H2,1-2H3. The molecule has 1 unspecified atom stereocenters. The van der Waals surface area contributed by atoms with Gasteiger partial charge in [0.05, 0.1) is 17.5 Å². The van der Waals surface area contributed by atoms with Gasteiger partial charge < -0.3 is 0 Å². The molecule has 3 rings (SSSR count). The molecule has 0 saturated heterocycles. The molecule has 0 saturated carbocycles. The highest BCUT2D eigenvalue weighted by atomic mass is 32.2. The SMILES string of the molecule is CCS(=O)(=O)NCC1CN(Cc2cccc(C)c2)Cc2ccnn21. The van der Waals surface area contributed by atoms with E-state index in [1.807, 2.05) is 10.7 Å². The molecule has 2 heterocycles. The van der Waals surface area contributed by atoms with E-state index in [0.717, 1.165) is 25.3 Å². The van der Waals surface area contributed by atoms with Crippen LogP contribution in [0.1, 0.15) is 29.8 Å². The Labute approximate surface area is 143 Å². The lowest BCUT2D eigenvalue weighted by molar-refractivity contribution is 0.168. The zero-order valence-corrected chi connectivity index (χ0v) is 15.0. The zero-order chi connectivity index (χ0) is 17.2. The molecule has 0 radical (unpaired) electrons. The Morgan fingerprint density at radius 1 is 1.33 bits per heavy atom. The van der Waals surface area contributed by atoms with Crippen LogP contribution in [0, 0.1) is 6.92 Å². The molecule has 0 aliphatic carbocycles. The van der Waals surface area contributed by atoms with Crippen molar-refractivity contribution in [2.75, 3.05) is 18.8 Å². The van der Waals surface area contributed by atoms with E-state index in [0.29, 0.717) is 6.54 Å². The van der Waals surface area contributed by atoms with E-state index in [1.165, 1.54) is 11.1 Å². The minimum atomic E-state index is -3.20. The fourth-order valence-electron chi connectivity index (χ4n) is 3.13. The van der Waals surface area contributed by atoms with Gasteiger partial charge in [-0.05, 0) is 25.5 Å². The van der Waals surface area contributed by atoms with Gasteiger partial charge in [-0.3, -0.25) is 9.58 Å². The van der Waals surface area contributed by atoms with Crippen LogP contribution in [0.5, 0.6) is 0 Å². The second-order valence-electron chi connectivity index (χ2n) is 6.33. The molecule has 1 N–H and O–H groups in total. The summed E-state index contributed by atoms with van der Waals surface area (Å²) in [7, 11) is -3.20. The van der Waals surface area contributed by atoms with Crippen molar-refractivity contribution in [1.82, 2.24) is 19.4 Å². The maximum Gasteiger partial charge on any atom is 0.211 e. The third-order valence-electron chi connectivity index (χ3n) is 4.36. The number of fused-ring (bicyclic) bond motifs is 1. The van der Waals surface area contributed by atoms with Crippen LogP contribution in [0.25, 0.3) is 0 Å². The monoisotopic (exact) mass is 348 g/mol. The van der Waals surface area contributed by atoms with Crippen LogP contribution in [-0.2, 0) is 23.1 Å². The van der Waals surface area contributed by atoms with Crippen LogP contribution in [0.2, 0.25) is 0 Å². The van der Waals surface area contributed by atoms with Crippen molar-refractivity contribution in [1.29, 1.82) is 0 Å². The average molecular weight is 348 g/mol. The lowest BCUT2D eigenvalue weighted by atomic mass is 10.1. The summed E-state index contributed by atoms with van der Waals surface area (Å²) in [6.07, 6.45) is 1.78. The first-order valence-corrected chi connectivity index (χ1v) is 9.89. The Kier molecular flexibility index (Phi) is 5.03. The van der Waals surface area contributed by atoms with Crippen LogP contribution in [0.3, 0.4) is 0 Å². The summed E-state index contributed by atoms with van der Waals surface area (Å²) in [4.78, 5) is 2.34. The molecule has 0 bridgehead atoms. The number of hydrogen-bond acceptors (Lipinski definition) is 4. The topological polar surface area (TPSA) is 67.2 Å². The second-order valence-corrected chi connectivity index (χ2v) is 8.43. The van der Waals surface area contributed by atoms with Gasteiger partial charge >= 0.3 is 0 Å². The predicted molar refractivity (Wildman–Crippen MR) is 94.0 cm³/mol. The molecule has 24 heavy (non-hydrogen) atoms. The van der Waals surface area contributed by atoms with Crippen molar-refractivity contribution in [3.05, 3.63) is 53.3 Å². The number of aryl methyl sites for hydroxylation is 1. The van der Waals surface area contributed by atoms with Crippen molar-refractivity contribution in [2.45, 2.75) is 33.0 Å². The Morgan fingerprint density at radius 2 is 2.17 bits per heavy atom. The molecular weight excluding hydrogens is 324 g/mol. The second kappa shape index (κ2) is 7.04. The molecule has 1 aromatic carbocycles. The summed E-state index contributed by atoms with van der Waals surface area (Å²) in [5.41, 5.74) is 3.65. The minimum absolute atomic E-state index is 0.00915. The maximum absolute atomic E-state index is 11.7. The van der Waals surface area contributed by atoms with Crippen LogP contribution in [0.15, 0.2) is 36.5 Å². The number of benzene rings is 1. The molecule has 1 atom stereocenters. The van der Waals surface area contributed by atoms with Crippen molar-refractivity contribution in [2.24, 2.45) is 0 Å². The quantitative estimate of drug-likeness (QED) is 0.863. The van der Waals surface area contributed by atoms with Gasteiger partial charge in [-0.25, -0.2) is 13.1 Å². The van der Waals surface area contributed by atoms with E-state index in [9.17, 15) is 8.42 Å². The molecule has 0 spiro atoms. The van der Waals surface area contributed by atoms with Gasteiger partial charge in [-0.15, -0.1) is 0 Å². The molecule has 1 aliphatic heterocycles. The van der Waals surface area contributed by atoms with Crippen LogP contribution >= 0.6 is 0 Å². The highest BCUT2D eigenvalue weighted by molar-refractivity contribution is 7.89. The van der Waals surface area contributed by atoms with E-state index >= 15 is 0 Å². The van der Waals surface area contributed by atoms with E-state index in [2.05, 4.69) is 45.9 Å². The molecule has 0 fully saturated rings. The number of hydrogen-bond donors (Lipinski definition) is 1. The van der Waals surface area contributed by atoms with Gasteiger partial charge in [0.25, 0.3) is 0 Å². The van der Waals surface area contributed by atoms with Crippen LogP contribution < -0.4 is 4.72 Å². The Balaban J connectivity index is 1.73. The highest BCUT2D eigenvalue weighted by Crippen LogP contribution is 2.22. The predicted octanol–water partition coefficient (Wildman–Crippen LogP) is 1.69. The van der Waals surface area contributed by atoms with Crippen LogP contribution in [0.4, 0.5) is 0 Å². The molecule has 1 aliphatic rings. The van der Waals surface area contributed by atoms with Gasteiger partial charge in [0, 0.05) is 32.4 Å². The third kappa shape index (κ3) is 4.03. The molecular formula is C17H24N4O2S. The van der Waals surface area contributed by atoms with Crippen LogP contribution in [-0.4, -0.2) is 41.9 Å². The summed E-state index contributed by atoms with van der Waals surface area (Å²) in [5.74, 6) is 0.0959. The third-order valence-corrected chi connectivity index (χ3v) is 5.73. The molecule has 6 nitrogen and oxygen atoms in total. The molecule has 2 aromatic rings. The van der Waals surface area contributed by atoms with Crippen molar-refractivity contribution < 1.29 is 8.42 Å². The molecule has 7 heteroatoms. The normalized spacial score (nSPS) is 18.5. The number of nitrogens with one attached hydrogen (secondary N) is 1. The number of sulfonamides is 1. The first-order valence-electron chi connectivity index (χ1n) is 8.24. The first kappa shape index (κ1) is 17.1. The molecule has 130 valence electrons. The smallest absolute Gasteiger partial charge is 0.211 e. The number of rotatable bonds is 6. The summed E-state index contributed by atoms with van der Waals surface area (Å²) < 4.78 is 28.1. The summed E-state index contributed by atoms with van der Waals surface area (Å²) in [5, 5.41) is 4.38. The maximum atomic E-state index is 11.7. The van der Waals surface area contributed by atoms with Gasteiger partial charge in [0.1, 0.15) is 0 Å². The van der Waals surface area contributed by atoms with Gasteiger partial charge in [0.15, 0.2) is 0 Å². The van der Waals surface area contributed by atoms with Crippen molar-refractivity contribution >= 4 is 10.0 Å². The largest absolute Gasteiger partial charge is 0.291 e. The Morgan fingerprint density at radius 3 is 2.92 bits per heavy atom. The summed E-state index contributed by atoms with van der Waals surface area (Å²) in [6.45, 7) is 6.56. The van der Waals surface area contributed by atoms with E-state index < -0.39 is 10.0 Å². The number of nitrogens with zero attached hydrogens (tertiary/aromatic N) is 3. The number of aromatic nitrogens is 2. The van der Waals surface area contributed by atoms with E-state index in [4.69, 9.17) is 0 Å². The van der Waals surface area contributed by atoms with Crippen molar-refractivity contribution in [3.8, 4) is 0 Å².